The van der Waals surface area contributed by atoms with Crippen molar-refractivity contribution >= 4 is 28.2 Å². The number of nitrogens with zero attached hydrogens (tertiary/aromatic N) is 5. The molecule has 118 valence electrons. The monoisotopic (exact) mass is 318 g/mol. The van der Waals surface area contributed by atoms with Gasteiger partial charge in [0, 0.05) is 50.5 Å². The standard InChI is InChI=1S/C15H22N6S/c1-11-9-17-15(22-11)21-8-4-5-12(10-21)18-13-6-7-16-14(19-13)20(2)3/h6-7,9,12H,4-5,8,10H2,1-3H3,(H,16,18,19). The Morgan fingerprint density at radius 3 is 2.95 bits per heavy atom. The zero-order valence-corrected chi connectivity index (χ0v) is 14.1. The predicted molar refractivity (Wildman–Crippen MR) is 92.1 cm³/mol. The minimum Gasteiger partial charge on any atom is -0.365 e. The summed E-state index contributed by atoms with van der Waals surface area (Å²) in [5.41, 5.74) is 0. The first kappa shape index (κ1) is 15.0. The van der Waals surface area contributed by atoms with Gasteiger partial charge in [-0.1, -0.05) is 0 Å². The fourth-order valence-electron chi connectivity index (χ4n) is 2.61. The molecule has 7 heteroatoms. The number of hydrogen-bond donors (Lipinski definition) is 1. The lowest BCUT2D eigenvalue weighted by Gasteiger charge is -2.33. The molecule has 1 unspecified atom stereocenters. The minimum atomic E-state index is 0.392. The number of aromatic nitrogens is 3. The van der Waals surface area contributed by atoms with E-state index in [1.807, 2.05) is 31.3 Å². The first-order valence-corrected chi connectivity index (χ1v) is 8.38. The molecule has 1 fully saturated rings. The van der Waals surface area contributed by atoms with Crippen LogP contribution in [0.3, 0.4) is 0 Å². The van der Waals surface area contributed by atoms with Crippen molar-refractivity contribution in [2.45, 2.75) is 25.8 Å². The van der Waals surface area contributed by atoms with Crippen LogP contribution in [0.5, 0.6) is 0 Å². The topological polar surface area (TPSA) is 57.2 Å². The van der Waals surface area contributed by atoms with E-state index in [-0.39, 0.29) is 0 Å². The molecule has 0 aliphatic carbocycles. The molecular formula is C15H22N6S. The average molecular weight is 318 g/mol. The van der Waals surface area contributed by atoms with Crippen molar-refractivity contribution in [2.75, 3.05) is 42.3 Å². The van der Waals surface area contributed by atoms with Gasteiger partial charge in [-0.05, 0) is 25.8 Å². The van der Waals surface area contributed by atoms with E-state index in [1.54, 1.807) is 17.5 Å². The van der Waals surface area contributed by atoms with Gasteiger partial charge < -0.3 is 15.1 Å². The van der Waals surface area contributed by atoms with E-state index in [2.05, 4.69) is 32.1 Å². The summed E-state index contributed by atoms with van der Waals surface area (Å²) < 4.78 is 0. The molecule has 6 nitrogen and oxygen atoms in total. The van der Waals surface area contributed by atoms with Crippen molar-refractivity contribution in [3.63, 3.8) is 0 Å². The highest BCUT2D eigenvalue weighted by Gasteiger charge is 2.22. The van der Waals surface area contributed by atoms with E-state index < -0.39 is 0 Å². The molecule has 0 bridgehead atoms. The fourth-order valence-corrected chi connectivity index (χ4v) is 3.40. The molecule has 1 aliphatic heterocycles. The molecule has 2 aromatic heterocycles. The number of rotatable bonds is 4. The van der Waals surface area contributed by atoms with Gasteiger partial charge in [-0.2, -0.15) is 4.98 Å². The second-order valence-electron chi connectivity index (χ2n) is 5.82. The van der Waals surface area contributed by atoms with E-state index in [4.69, 9.17) is 0 Å². The number of piperidine rings is 1. The van der Waals surface area contributed by atoms with E-state index in [9.17, 15) is 0 Å². The Bertz CT molecular complexity index is 626. The van der Waals surface area contributed by atoms with Crippen molar-refractivity contribution < 1.29 is 0 Å². The Balaban J connectivity index is 1.66. The normalized spacial score (nSPS) is 18.3. The minimum absolute atomic E-state index is 0.392. The Kier molecular flexibility index (Phi) is 4.42. The zero-order chi connectivity index (χ0) is 15.5. The molecule has 1 N–H and O–H groups in total. The first-order chi connectivity index (χ1) is 10.6. The van der Waals surface area contributed by atoms with Crippen LogP contribution in [0.15, 0.2) is 18.5 Å². The highest BCUT2D eigenvalue weighted by molar-refractivity contribution is 7.15. The maximum atomic E-state index is 4.54. The van der Waals surface area contributed by atoms with Gasteiger partial charge in [0.15, 0.2) is 5.13 Å². The molecule has 0 spiro atoms. The summed E-state index contributed by atoms with van der Waals surface area (Å²) in [6.07, 6.45) is 6.07. The van der Waals surface area contributed by atoms with Gasteiger partial charge in [0.1, 0.15) is 5.82 Å². The second-order valence-corrected chi connectivity index (χ2v) is 7.03. The maximum Gasteiger partial charge on any atom is 0.226 e. The first-order valence-electron chi connectivity index (χ1n) is 7.56. The van der Waals surface area contributed by atoms with E-state index >= 15 is 0 Å². The van der Waals surface area contributed by atoms with Crippen LogP contribution >= 0.6 is 11.3 Å². The van der Waals surface area contributed by atoms with Crippen molar-refractivity contribution in [1.82, 2.24) is 15.0 Å². The molecule has 3 rings (SSSR count). The summed E-state index contributed by atoms with van der Waals surface area (Å²) in [6.45, 7) is 4.15. The molecule has 3 heterocycles. The molecule has 0 saturated carbocycles. The maximum absolute atomic E-state index is 4.54. The molecule has 1 saturated heterocycles. The third kappa shape index (κ3) is 3.47. The Morgan fingerprint density at radius 1 is 1.36 bits per heavy atom. The lowest BCUT2D eigenvalue weighted by Crippen LogP contribution is -2.42. The Labute approximate surface area is 135 Å². The summed E-state index contributed by atoms with van der Waals surface area (Å²) in [4.78, 5) is 18.8. The van der Waals surface area contributed by atoms with Crippen molar-refractivity contribution in [3.8, 4) is 0 Å². The van der Waals surface area contributed by atoms with E-state index in [0.29, 0.717) is 6.04 Å². The molecule has 2 aromatic rings. The molecule has 22 heavy (non-hydrogen) atoms. The van der Waals surface area contributed by atoms with Crippen molar-refractivity contribution in [3.05, 3.63) is 23.3 Å². The highest BCUT2D eigenvalue weighted by atomic mass is 32.1. The molecule has 0 aromatic carbocycles. The zero-order valence-electron chi connectivity index (χ0n) is 13.3. The fraction of sp³-hybridized carbons (Fsp3) is 0.533. The van der Waals surface area contributed by atoms with Crippen LogP contribution in [-0.2, 0) is 0 Å². The third-order valence-electron chi connectivity index (χ3n) is 3.70. The summed E-state index contributed by atoms with van der Waals surface area (Å²) in [7, 11) is 3.90. The van der Waals surface area contributed by atoms with Gasteiger partial charge in [-0.15, -0.1) is 11.3 Å². The third-order valence-corrected chi connectivity index (χ3v) is 4.67. The Morgan fingerprint density at radius 2 is 2.23 bits per heavy atom. The number of hydrogen-bond acceptors (Lipinski definition) is 7. The van der Waals surface area contributed by atoms with Gasteiger partial charge in [-0.25, -0.2) is 9.97 Å². The smallest absolute Gasteiger partial charge is 0.226 e. The van der Waals surface area contributed by atoms with Crippen molar-refractivity contribution in [2.24, 2.45) is 0 Å². The largest absolute Gasteiger partial charge is 0.365 e. The van der Waals surface area contributed by atoms with Gasteiger partial charge in [-0.3, -0.25) is 0 Å². The van der Waals surface area contributed by atoms with Gasteiger partial charge in [0.25, 0.3) is 0 Å². The number of anilines is 3. The van der Waals surface area contributed by atoms with Crippen molar-refractivity contribution in [1.29, 1.82) is 0 Å². The van der Waals surface area contributed by atoms with Crippen LogP contribution in [-0.4, -0.2) is 48.2 Å². The summed E-state index contributed by atoms with van der Waals surface area (Å²) in [6, 6.07) is 2.32. The van der Waals surface area contributed by atoms with E-state index in [1.165, 1.54) is 11.3 Å². The van der Waals surface area contributed by atoms with Gasteiger partial charge >= 0.3 is 0 Å². The number of thiazole rings is 1. The quantitative estimate of drug-likeness (QED) is 0.934. The number of aryl methyl sites for hydroxylation is 1. The SMILES string of the molecule is Cc1cnc(N2CCCC(Nc3ccnc(N(C)C)n3)C2)s1. The van der Waals surface area contributed by atoms with Gasteiger partial charge in [0.2, 0.25) is 5.95 Å². The summed E-state index contributed by atoms with van der Waals surface area (Å²) in [5, 5.41) is 4.67. The van der Waals surface area contributed by atoms with Crippen LogP contribution in [0.4, 0.5) is 16.9 Å². The molecule has 0 radical (unpaired) electrons. The molecule has 0 amide bonds. The van der Waals surface area contributed by atoms with Crippen LogP contribution in [0.25, 0.3) is 0 Å². The second kappa shape index (κ2) is 6.48. The average Bonchev–Trinajstić information content (AvgIpc) is 2.94. The molecular weight excluding hydrogens is 296 g/mol. The lowest BCUT2D eigenvalue weighted by molar-refractivity contribution is 0.528. The number of nitrogens with one attached hydrogen (secondary N) is 1. The Hall–Kier alpha value is -1.89. The molecule has 1 atom stereocenters. The summed E-state index contributed by atoms with van der Waals surface area (Å²) >= 11 is 1.76. The van der Waals surface area contributed by atoms with Gasteiger partial charge in [0.05, 0.1) is 0 Å². The molecule has 1 aliphatic rings. The summed E-state index contributed by atoms with van der Waals surface area (Å²) in [5.74, 6) is 1.62. The van der Waals surface area contributed by atoms with Crippen LogP contribution in [0.2, 0.25) is 0 Å². The van der Waals surface area contributed by atoms with Crippen LogP contribution in [0.1, 0.15) is 17.7 Å². The van der Waals surface area contributed by atoms with Crippen LogP contribution < -0.4 is 15.1 Å². The van der Waals surface area contributed by atoms with Crippen LogP contribution in [0, 0.1) is 6.92 Å². The van der Waals surface area contributed by atoms with E-state index in [0.717, 1.165) is 36.4 Å². The highest BCUT2D eigenvalue weighted by Crippen LogP contribution is 2.25. The predicted octanol–water partition coefficient (Wildman–Crippen LogP) is 2.39. The lowest BCUT2D eigenvalue weighted by atomic mass is 10.1.